The first-order valence-electron chi connectivity index (χ1n) is 4.83. The average Bonchev–Trinajstić information content (AvgIpc) is 2.76. The molecule has 2 N–H and O–H groups in total. The topological polar surface area (TPSA) is 75.6 Å². The molecule has 0 radical (unpaired) electrons. The Morgan fingerprint density at radius 2 is 2.35 bits per heavy atom. The van der Waals surface area contributed by atoms with Crippen LogP contribution in [0, 0.1) is 0 Å². The summed E-state index contributed by atoms with van der Waals surface area (Å²) in [5.74, 6) is 0.100. The average molecular weight is 275 g/mol. The Balaban J connectivity index is 2.53. The third-order valence-corrected chi connectivity index (χ3v) is 3.61. The lowest BCUT2D eigenvalue weighted by Gasteiger charge is -2.04. The van der Waals surface area contributed by atoms with E-state index in [1.54, 1.807) is 11.4 Å². The summed E-state index contributed by atoms with van der Waals surface area (Å²) in [6.45, 7) is 0.0454. The molecule has 17 heavy (non-hydrogen) atoms. The SMILES string of the molecule is COC(=O)c1sccc1NC(=O)CSCCO. The number of thioether (sulfide) groups is 1. The number of hydrogen-bond donors (Lipinski definition) is 2. The van der Waals surface area contributed by atoms with Crippen LogP contribution >= 0.6 is 23.1 Å². The van der Waals surface area contributed by atoms with Crippen LogP contribution in [-0.4, -0.2) is 42.2 Å². The predicted octanol–water partition coefficient (Wildman–Crippen LogP) is 1.20. The Morgan fingerprint density at radius 1 is 1.59 bits per heavy atom. The van der Waals surface area contributed by atoms with Crippen LogP contribution in [0.3, 0.4) is 0 Å². The predicted molar refractivity (Wildman–Crippen MR) is 68.7 cm³/mol. The molecular formula is C10H13NO4S2. The van der Waals surface area contributed by atoms with Crippen molar-refractivity contribution in [1.29, 1.82) is 0 Å². The van der Waals surface area contributed by atoms with Crippen LogP contribution in [0.5, 0.6) is 0 Å². The van der Waals surface area contributed by atoms with Gasteiger partial charge < -0.3 is 15.2 Å². The number of methoxy groups -OCH3 is 1. The van der Waals surface area contributed by atoms with Crippen molar-refractivity contribution < 1.29 is 19.4 Å². The molecule has 0 aliphatic rings. The van der Waals surface area contributed by atoms with Crippen molar-refractivity contribution in [2.45, 2.75) is 0 Å². The fourth-order valence-corrected chi connectivity index (χ4v) is 2.37. The highest BCUT2D eigenvalue weighted by Gasteiger charge is 2.15. The highest BCUT2D eigenvalue weighted by molar-refractivity contribution is 7.99. The maximum absolute atomic E-state index is 11.5. The smallest absolute Gasteiger partial charge is 0.350 e. The molecule has 94 valence electrons. The van der Waals surface area contributed by atoms with Gasteiger partial charge >= 0.3 is 5.97 Å². The summed E-state index contributed by atoms with van der Waals surface area (Å²) in [4.78, 5) is 23.2. The Hall–Kier alpha value is -1.05. The lowest BCUT2D eigenvalue weighted by Crippen LogP contribution is -2.16. The van der Waals surface area contributed by atoms with E-state index < -0.39 is 5.97 Å². The highest BCUT2D eigenvalue weighted by atomic mass is 32.2. The minimum absolute atomic E-state index is 0.0454. The van der Waals surface area contributed by atoms with Gasteiger partial charge in [-0.15, -0.1) is 23.1 Å². The Kier molecular flexibility index (Phi) is 6.03. The number of carbonyl (C=O) groups is 2. The van der Waals surface area contributed by atoms with Gasteiger partial charge in [0.1, 0.15) is 4.88 Å². The van der Waals surface area contributed by atoms with Gasteiger partial charge in [0.05, 0.1) is 25.2 Å². The van der Waals surface area contributed by atoms with E-state index in [-0.39, 0.29) is 18.3 Å². The third kappa shape index (κ3) is 4.37. The van der Waals surface area contributed by atoms with Gasteiger partial charge in [-0.3, -0.25) is 4.79 Å². The summed E-state index contributed by atoms with van der Waals surface area (Å²) in [6, 6.07) is 1.66. The number of nitrogens with one attached hydrogen (secondary N) is 1. The number of aliphatic hydroxyl groups excluding tert-OH is 1. The molecule has 1 rings (SSSR count). The molecule has 0 aromatic carbocycles. The van der Waals surface area contributed by atoms with Crippen LogP contribution in [0.2, 0.25) is 0 Å². The number of hydrogen-bond acceptors (Lipinski definition) is 6. The first kappa shape index (κ1) is 14.0. The van der Waals surface area contributed by atoms with Crippen LogP contribution in [0.4, 0.5) is 5.69 Å². The molecule has 0 bridgehead atoms. The molecule has 0 spiro atoms. The molecular weight excluding hydrogens is 262 g/mol. The van der Waals surface area contributed by atoms with Crippen LogP contribution in [-0.2, 0) is 9.53 Å². The number of thiophene rings is 1. The van der Waals surface area contributed by atoms with Gasteiger partial charge in [0.2, 0.25) is 5.91 Å². The number of ether oxygens (including phenoxy) is 1. The highest BCUT2D eigenvalue weighted by Crippen LogP contribution is 2.23. The van der Waals surface area contributed by atoms with E-state index in [4.69, 9.17) is 5.11 Å². The number of carbonyl (C=O) groups excluding carboxylic acids is 2. The number of anilines is 1. The maximum Gasteiger partial charge on any atom is 0.350 e. The molecule has 0 aliphatic heterocycles. The molecule has 1 aromatic heterocycles. The Morgan fingerprint density at radius 3 is 3.00 bits per heavy atom. The number of aliphatic hydroxyl groups is 1. The normalized spacial score (nSPS) is 10.0. The molecule has 0 saturated heterocycles. The summed E-state index contributed by atoms with van der Waals surface area (Å²) >= 11 is 2.54. The van der Waals surface area contributed by atoms with Crippen LogP contribution < -0.4 is 5.32 Å². The zero-order chi connectivity index (χ0) is 12.7. The van der Waals surface area contributed by atoms with Gasteiger partial charge in [-0.2, -0.15) is 0 Å². The standard InChI is InChI=1S/C10H13NO4S2/c1-15-10(14)9-7(2-4-17-9)11-8(13)6-16-5-3-12/h2,4,12H,3,5-6H2,1H3,(H,11,13). The van der Waals surface area contributed by atoms with Crippen molar-refractivity contribution in [2.75, 3.05) is 30.5 Å². The van der Waals surface area contributed by atoms with Crippen molar-refractivity contribution >= 4 is 40.7 Å². The summed E-state index contributed by atoms with van der Waals surface area (Å²) in [7, 11) is 1.30. The molecule has 5 nitrogen and oxygen atoms in total. The van der Waals surface area contributed by atoms with Crippen molar-refractivity contribution in [3.8, 4) is 0 Å². The lowest BCUT2D eigenvalue weighted by atomic mass is 10.4. The van der Waals surface area contributed by atoms with Crippen molar-refractivity contribution in [2.24, 2.45) is 0 Å². The number of rotatable bonds is 6. The second-order valence-corrected chi connectivity index (χ2v) is 5.00. The Bertz CT molecular complexity index is 391. The molecule has 1 heterocycles. The van der Waals surface area contributed by atoms with Crippen LogP contribution in [0.1, 0.15) is 9.67 Å². The lowest BCUT2D eigenvalue weighted by molar-refractivity contribution is -0.113. The van der Waals surface area contributed by atoms with E-state index in [0.29, 0.717) is 16.3 Å². The maximum atomic E-state index is 11.5. The zero-order valence-corrected chi connectivity index (χ0v) is 10.9. The molecule has 0 unspecified atom stereocenters. The monoisotopic (exact) mass is 275 g/mol. The van der Waals surface area contributed by atoms with Gasteiger partial charge in [-0.05, 0) is 11.4 Å². The van der Waals surface area contributed by atoms with Crippen molar-refractivity contribution in [1.82, 2.24) is 0 Å². The molecule has 0 aliphatic carbocycles. The largest absolute Gasteiger partial charge is 0.465 e. The number of amides is 1. The second-order valence-electron chi connectivity index (χ2n) is 2.98. The number of esters is 1. The van der Waals surface area contributed by atoms with Gasteiger partial charge in [0.15, 0.2) is 0 Å². The summed E-state index contributed by atoms with van der Waals surface area (Å²) in [5, 5.41) is 12.9. The summed E-state index contributed by atoms with van der Waals surface area (Å²) in [5.41, 5.74) is 0.469. The van der Waals surface area contributed by atoms with Crippen LogP contribution in [0.25, 0.3) is 0 Å². The fraction of sp³-hybridized carbons (Fsp3) is 0.400. The van der Waals surface area contributed by atoms with Gasteiger partial charge in [0, 0.05) is 5.75 Å². The molecule has 1 amide bonds. The Labute approximate surface area is 107 Å². The molecule has 7 heteroatoms. The molecule has 0 atom stereocenters. The summed E-state index contributed by atoms with van der Waals surface area (Å²) in [6.07, 6.45) is 0. The van der Waals surface area contributed by atoms with Gasteiger partial charge in [0.25, 0.3) is 0 Å². The molecule has 1 aromatic rings. The minimum atomic E-state index is -0.460. The van der Waals surface area contributed by atoms with Crippen molar-refractivity contribution in [3.05, 3.63) is 16.3 Å². The molecule has 0 saturated carbocycles. The van der Waals surface area contributed by atoms with Crippen LogP contribution in [0.15, 0.2) is 11.4 Å². The zero-order valence-electron chi connectivity index (χ0n) is 9.26. The van der Waals surface area contributed by atoms with Gasteiger partial charge in [-0.25, -0.2) is 4.79 Å². The van der Waals surface area contributed by atoms with E-state index in [1.807, 2.05) is 0 Å². The van der Waals surface area contributed by atoms with Gasteiger partial charge in [-0.1, -0.05) is 0 Å². The van der Waals surface area contributed by atoms with E-state index in [2.05, 4.69) is 10.1 Å². The first-order valence-corrected chi connectivity index (χ1v) is 6.86. The van der Waals surface area contributed by atoms with Crippen molar-refractivity contribution in [3.63, 3.8) is 0 Å². The quantitative estimate of drug-likeness (QED) is 0.602. The second kappa shape index (κ2) is 7.31. The first-order chi connectivity index (χ1) is 8.19. The minimum Gasteiger partial charge on any atom is -0.465 e. The third-order valence-electron chi connectivity index (χ3n) is 1.78. The van der Waals surface area contributed by atoms with E-state index in [9.17, 15) is 9.59 Å². The van der Waals surface area contributed by atoms with E-state index in [0.717, 1.165) is 0 Å². The fourth-order valence-electron chi connectivity index (χ4n) is 1.07. The van der Waals surface area contributed by atoms with E-state index in [1.165, 1.54) is 30.2 Å². The molecule has 0 fully saturated rings. The summed E-state index contributed by atoms with van der Waals surface area (Å²) < 4.78 is 4.60. The van der Waals surface area contributed by atoms with E-state index >= 15 is 0 Å².